The number of nitrogens with zero attached hydrogens (tertiary/aromatic N) is 1. The first-order valence-corrected chi connectivity index (χ1v) is 19.4. The van der Waals surface area contributed by atoms with Crippen LogP contribution in [-0.2, 0) is 21.9 Å². The minimum absolute atomic E-state index is 0.0863. The summed E-state index contributed by atoms with van der Waals surface area (Å²) in [4.78, 5) is 15.9. The Hall–Kier alpha value is -2.81. The number of carbonyl (C=O) groups is 1. The Morgan fingerprint density at radius 1 is 1.19 bits per heavy atom. The molecule has 2 aromatic rings. The van der Waals surface area contributed by atoms with Gasteiger partial charge < -0.3 is 14.7 Å². The van der Waals surface area contributed by atoms with Gasteiger partial charge in [0.1, 0.15) is 5.75 Å². The van der Waals surface area contributed by atoms with Gasteiger partial charge in [-0.2, -0.15) is 0 Å². The smallest absolute Gasteiger partial charge is 0.264 e. The van der Waals surface area contributed by atoms with E-state index < -0.39 is 27.3 Å². The third-order valence-corrected chi connectivity index (χ3v) is 13.0. The van der Waals surface area contributed by atoms with E-state index in [1.165, 1.54) is 11.1 Å². The maximum atomic E-state index is 13.6. The van der Waals surface area contributed by atoms with Crippen LogP contribution in [0.1, 0.15) is 92.6 Å². The van der Waals surface area contributed by atoms with Gasteiger partial charge in [0.15, 0.2) is 0 Å². The van der Waals surface area contributed by atoms with Gasteiger partial charge in [0.05, 0.1) is 23.6 Å². The van der Waals surface area contributed by atoms with Crippen molar-refractivity contribution in [2.24, 2.45) is 17.8 Å². The molecule has 47 heavy (non-hydrogen) atoms. The molecule has 2 fully saturated rings. The number of benzene rings is 2. The highest BCUT2D eigenvalue weighted by molar-refractivity contribution is 7.90. The monoisotopic (exact) mass is 680 g/mol. The number of unbranched alkanes of at least 4 members (excludes halogenated alkanes) is 1. The molecule has 1 aliphatic heterocycles. The number of anilines is 1. The van der Waals surface area contributed by atoms with E-state index >= 15 is 0 Å². The molecule has 3 aliphatic carbocycles. The van der Waals surface area contributed by atoms with Crippen LogP contribution >= 0.6 is 11.6 Å². The number of aryl methyl sites for hydroxylation is 1. The normalized spacial score (nSPS) is 25.2. The minimum atomic E-state index is -3.86. The molecule has 2 N–H and O–H groups in total. The third kappa shape index (κ3) is 7.45. The van der Waals surface area contributed by atoms with Gasteiger partial charge in [-0.15, -0.1) is 6.58 Å². The molecule has 1 heterocycles. The third-order valence-electron chi connectivity index (χ3n) is 10.9. The van der Waals surface area contributed by atoms with Crippen molar-refractivity contribution in [1.29, 1.82) is 0 Å². The summed E-state index contributed by atoms with van der Waals surface area (Å²) in [5, 5.41) is 11.2. The summed E-state index contributed by atoms with van der Waals surface area (Å²) in [5.74, 6) is 0.587. The topological polar surface area (TPSA) is 95.9 Å². The van der Waals surface area contributed by atoms with Crippen LogP contribution in [0.4, 0.5) is 5.69 Å². The van der Waals surface area contributed by atoms with Crippen LogP contribution in [0.2, 0.25) is 5.02 Å². The van der Waals surface area contributed by atoms with Crippen LogP contribution in [-0.4, -0.2) is 50.5 Å². The van der Waals surface area contributed by atoms with E-state index in [1.54, 1.807) is 18.2 Å². The summed E-state index contributed by atoms with van der Waals surface area (Å²) in [5.41, 5.74) is 3.32. The molecule has 4 aliphatic rings. The van der Waals surface area contributed by atoms with Gasteiger partial charge in [0.25, 0.3) is 5.91 Å². The first-order valence-electron chi connectivity index (χ1n) is 17.5. The van der Waals surface area contributed by atoms with Crippen molar-refractivity contribution in [2.75, 3.05) is 24.6 Å². The zero-order valence-corrected chi connectivity index (χ0v) is 29.1. The maximum Gasteiger partial charge on any atom is 0.264 e. The molecule has 0 radical (unpaired) electrons. The fourth-order valence-electron chi connectivity index (χ4n) is 8.01. The minimum Gasteiger partial charge on any atom is -0.490 e. The summed E-state index contributed by atoms with van der Waals surface area (Å²) < 4.78 is 35.8. The van der Waals surface area contributed by atoms with E-state index in [2.05, 4.69) is 41.3 Å². The van der Waals surface area contributed by atoms with Crippen LogP contribution in [0.5, 0.6) is 5.75 Å². The molecular weight excluding hydrogens is 632 g/mol. The number of sulfonamides is 1. The van der Waals surface area contributed by atoms with Gasteiger partial charge >= 0.3 is 0 Å². The van der Waals surface area contributed by atoms with Crippen molar-refractivity contribution >= 4 is 33.2 Å². The van der Waals surface area contributed by atoms with Gasteiger partial charge in [0.2, 0.25) is 10.0 Å². The number of fused-ring (bicyclic) bond motifs is 3. The zero-order chi connectivity index (χ0) is 33.2. The highest BCUT2D eigenvalue weighted by Crippen LogP contribution is 2.47. The van der Waals surface area contributed by atoms with E-state index in [9.17, 15) is 18.3 Å². The first kappa shape index (κ1) is 34.1. The van der Waals surface area contributed by atoms with Crippen molar-refractivity contribution in [1.82, 2.24) is 4.72 Å². The van der Waals surface area contributed by atoms with Gasteiger partial charge in [-0.25, -0.2) is 13.1 Å². The molecule has 0 bridgehead atoms. The lowest BCUT2D eigenvalue weighted by atomic mass is 9.68. The Balaban J connectivity index is 1.30. The lowest BCUT2D eigenvalue weighted by molar-refractivity contribution is 0.0456. The summed E-state index contributed by atoms with van der Waals surface area (Å²) in [6.07, 6.45) is 15.0. The number of aliphatic hydroxyl groups excluding tert-OH is 1. The Morgan fingerprint density at radius 3 is 2.74 bits per heavy atom. The highest BCUT2D eigenvalue weighted by Gasteiger charge is 2.45. The van der Waals surface area contributed by atoms with Crippen molar-refractivity contribution in [3.63, 3.8) is 0 Å². The molecule has 0 aromatic heterocycles. The lowest BCUT2D eigenvalue weighted by Crippen LogP contribution is -2.49. The average molecular weight is 681 g/mol. The highest BCUT2D eigenvalue weighted by atomic mass is 35.5. The Morgan fingerprint density at radius 2 is 2.02 bits per heavy atom. The largest absolute Gasteiger partial charge is 0.490 e. The fourth-order valence-corrected chi connectivity index (χ4v) is 9.96. The van der Waals surface area contributed by atoms with Crippen LogP contribution < -0.4 is 14.4 Å². The molecule has 1 unspecified atom stereocenters. The molecule has 7 nitrogen and oxygen atoms in total. The van der Waals surface area contributed by atoms with Crippen molar-refractivity contribution in [3.8, 4) is 5.75 Å². The second-order valence-corrected chi connectivity index (χ2v) is 16.5. The van der Waals surface area contributed by atoms with Gasteiger partial charge in [-0.3, -0.25) is 4.79 Å². The van der Waals surface area contributed by atoms with Gasteiger partial charge in [-0.05, 0) is 123 Å². The quantitative estimate of drug-likeness (QED) is 0.215. The van der Waals surface area contributed by atoms with E-state index in [4.69, 9.17) is 16.3 Å². The fraction of sp³-hybridized carbons (Fsp3) is 0.553. The van der Waals surface area contributed by atoms with Crippen molar-refractivity contribution in [2.45, 2.75) is 94.3 Å². The predicted octanol–water partition coefficient (Wildman–Crippen LogP) is 7.36. The van der Waals surface area contributed by atoms with E-state index in [0.717, 1.165) is 68.5 Å². The molecule has 0 saturated heterocycles. The number of rotatable bonds is 13. The Bertz CT molecular complexity index is 1600. The number of aliphatic hydroxyl groups is 1. The molecule has 1 spiro atoms. The summed E-state index contributed by atoms with van der Waals surface area (Å²) in [6.45, 7) is 7.77. The van der Waals surface area contributed by atoms with E-state index in [-0.39, 0.29) is 23.2 Å². The number of ether oxygens (including phenoxy) is 1. The number of amides is 1. The average Bonchev–Trinajstić information content (AvgIpc) is 3.87. The van der Waals surface area contributed by atoms with E-state index in [0.29, 0.717) is 43.9 Å². The molecule has 254 valence electrons. The number of allylic oxidation sites excluding steroid dienone is 2. The van der Waals surface area contributed by atoms with Gasteiger partial charge in [0, 0.05) is 29.1 Å². The molecule has 1 amide bonds. The SMILES string of the molecule is C=CCCC(C1CC1)S(=O)(=O)NC(=O)c1ccc2c(c1)N(C[C@@H]1CC[C@H]1[C@@H](O)/C=C/CCC)C[C@@]1(CCCc3cc(Cl)ccc31)CO2. The van der Waals surface area contributed by atoms with E-state index in [1.807, 2.05) is 18.2 Å². The van der Waals surface area contributed by atoms with Crippen LogP contribution in [0, 0.1) is 17.8 Å². The first-order chi connectivity index (χ1) is 22.6. The van der Waals surface area contributed by atoms with Crippen molar-refractivity contribution in [3.05, 3.63) is 82.9 Å². The molecule has 6 rings (SSSR count). The Kier molecular flexibility index (Phi) is 10.4. The van der Waals surface area contributed by atoms with Gasteiger partial charge in [-0.1, -0.05) is 49.2 Å². The molecular formula is C38H49ClN2O5S. The van der Waals surface area contributed by atoms with Crippen LogP contribution in [0.25, 0.3) is 0 Å². The van der Waals surface area contributed by atoms with Crippen LogP contribution in [0.15, 0.2) is 61.2 Å². The molecule has 5 atom stereocenters. The maximum absolute atomic E-state index is 13.6. The number of hydrogen-bond acceptors (Lipinski definition) is 6. The molecule has 9 heteroatoms. The lowest BCUT2D eigenvalue weighted by Gasteiger charge is -2.45. The number of nitrogens with one attached hydrogen (secondary N) is 1. The van der Waals surface area contributed by atoms with Crippen molar-refractivity contribution < 1.29 is 23.1 Å². The summed E-state index contributed by atoms with van der Waals surface area (Å²) >= 11 is 6.43. The van der Waals surface area contributed by atoms with Crippen LogP contribution in [0.3, 0.4) is 0 Å². The Labute approximate surface area is 285 Å². The molecule has 2 saturated carbocycles. The second-order valence-electron chi connectivity index (χ2n) is 14.2. The zero-order valence-electron chi connectivity index (χ0n) is 27.5. The summed E-state index contributed by atoms with van der Waals surface area (Å²) in [7, 11) is -3.86. The predicted molar refractivity (Wildman–Crippen MR) is 189 cm³/mol. The second kappa shape index (κ2) is 14.4. The standard InChI is InChI=1S/C38H49ClN2O5S/c1-3-5-7-10-34(42)31-17-14-29(31)23-41-24-38(20-8-9-27-21-30(39)16-18-32(27)38)25-46-35-19-15-28(22-33(35)41)37(43)40-47(44,45)36(11-6-4-2)26-12-13-26/h4,7,10,15-16,18-19,21-22,26,29,31,34,36,42H,2-3,5-6,8-9,11-14,17,20,23-25H2,1H3,(H,40,43)/b10-7+/t29-,31+,34-,36?,38-/m0/s1. The number of halogens is 1. The number of carbonyl (C=O) groups excluding carboxylic acids is 1. The summed E-state index contributed by atoms with van der Waals surface area (Å²) in [6, 6.07) is 11.5. The molecule has 2 aromatic carbocycles. The number of hydrogen-bond donors (Lipinski definition) is 2.